The van der Waals surface area contributed by atoms with Crippen LogP contribution in [0.25, 0.3) is 11.3 Å². The first-order chi connectivity index (χ1) is 7.94. The summed E-state index contributed by atoms with van der Waals surface area (Å²) in [6, 6.07) is 9.22. The number of hydrogen-bond acceptors (Lipinski definition) is 3. The van der Waals surface area contributed by atoms with Gasteiger partial charge in [0.2, 0.25) is 5.88 Å². The Balaban J connectivity index is 2.29. The topological polar surface area (TPSA) is 52.0 Å². The molecule has 0 spiro atoms. The van der Waals surface area contributed by atoms with Gasteiger partial charge in [-0.05, 0) is 25.5 Å². The zero-order chi connectivity index (χ0) is 12.5. The minimum atomic E-state index is -1.22. The van der Waals surface area contributed by atoms with Gasteiger partial charge in [0.25, 0.3) is 0 Å². The standard InChI is InChI=1S/C13H15FN2O/c1-13(2,14)8-9-4-3-5-10(6-9)11-7-12(15)17-16-11/h3-7H,8,15H2,1-2H3. The summed E-state index contributed by atoms with van der Waals surface area (Å²) in [4.78, 5) is 0. The van der Waals surface area contributed by atoms with Crippen LogP contribution in [0.1, 0.15) is 19.4 Å². The minimum Gasteiger partial charge on any atom is -0.368 e. The Bertz CT molecular complexity index is 514. The van der Waals surface area contributed by atoms with Gasteiger partial charge < -0.3 is 10.3 Å². The molecule has 0 fully saturated rings. The first-order valence-corrected chi connectivity index (χ1v) is 5.44. The Morgan fingerprint density at radius 3 is 2.71 bits per heavy atom. The van der Waals surface area contributed by atoms with Crippen LogP contribution in [-0.4, -0.2) is 10.8 Å². The maximum absolute atomic E-state index is 13.6. The molecule has 17 heavy (non-hydrogen) atoms. The summed E-state index contributed by atoms with van der Waals surface area (Å²) in [5, 5.41) is 3.83. The molecule has 0 saturated carbocycles. The average molecular weight is 234 g/mol. The summed E-state index contributed by atoms with van der Waals surface area (Å²) >= 11 is 0. The number of aromatic nitrogens is 1. The quantitative estimate of drug-likeness (QED) is 0.887. The van der Waals surface area contributed by atoms with Crippen molar-refractivity contribution in [2.75, 3.05) is 5.73 Å². The maximum atomic E-state index is 13.6. The smallest absolute Gasteiger partial charge is 0.222 e. The molecule has 0 bridgehead atoms. The molecule has 2 N–H and O–H groups in total. The van der Waals surface area contributed by atoms with E-state index in [-0.39, 0.29) is 5.88 Å². The second-order valence-corrected chi connectivity index (χ2v) is 4.71. The predicted molar refractivity (Wildman–Crippen MR) is 65.2 cm³/mol. The van der Waals surface area contributed by atoms with Crippen LogP contribution in [0, 0.1) is 0 Å². The van der Waals surface area contributed by atoms with Crippen molar-refractivity contribution in [2.45, 2.75) is 25.9 Å². The van der Waals surface area contributed by atoms with Crippen LogP contribution in [0.5, 0.6) is 0 Å². The van der Waals surface area contributed by atoms with Gasteiger partial charge in [-0.2, -0.15) is 0 Å². The van der Waals surface area contributed by atoms with Gasteiger partial charge in [-0.1, -0.05) is 23.4 Å². The Kier molecular flexibility index (Phi) is 2.88. The van der Waals surface area contributed by atoms with Gasteiger partial charge in [-0.15, -0.1) is 0 Å². The zero-order valence-electron chi connectivity index (χ0n) is 9.90. The van der Waals surface area contributed by atoms with Crippen molar-refractivity contribution < 1.29 is 8.91 Å². The normalized spacial score (nSPS) is 11.7. The first kappa shape index (κ1) is 11.6. The highest BCUT2D eigenvalue weighted by Crippen LogP contribution is 2.23. The fourth-order valence-electron chi connectivity index (χ4n) is 1.75. The fourth-order valence-corrected chi connectivity index (χ4v) is 1.75. The first-order valence-electron chi connectivity index (χ1n) is 5.44. The predicted octanol–water partition coefficient (Wildman–Crippen LogP) is 3.21. The van der Waals surface area contributed by atoms with Crippen LogP contribution in [0.15, 0.2) is 34.9 Å². The van der Waals surface area contributed by atoms with Crippen molar-refractivity contribution >= 4 is 5.88 Å². The molecule has 0 radical (unpaired) electrons. The molecule has 0 unspecified atom stereocenters. The molecule has 2 aromatic rings. The fraction of sp³-hybridized carbons (Fsp3) is 0.308. The summed E-state index contributed by atoms with van der Waals surface area (Å²) in [5.74, 6) is 0.274. The molecule has 0 aliphatic heterocycles. The Labute approximate surface area is 99.4 Å². The van der Waals surface area contributed by atoms with Gasteiger partial charge in [0.15, 0.2) is 0 Å². The van der Waals surface area contributed by atoms with E-state index in [1.165, 1.54) is 0 Å². The molecule has 0 saturated heterocycles. The third-order valence-corrected chi connectivity index (χ3v) is 2.38. The number of nitrogens with two attached hydrogens (primary N) is 1. The van der Waals surface area contributed by atoms with Gasteiger partial charge in [-0.3, -0.25) is 0 Å². The van der Waals surface area contributed by atoms with E-state index in [1.807, 2.05) is 24.3 Å². The Morgan fingerprint density at radius 1 is 1.35 bits per heavy atom. The van der Waals surface area contributed by atoms with Crippen LogP contribution in [0.2, 0.25) is 0 Å². The molecule has 3 nitrogen and oxygen atoms in total. The number of rotatable bonds is 3. The van der Waals surface area contributed by atoms with Crippen molar-refractivity contribution in [1.29, 1.82) is 0 Å². The summed E-state index contributed by atoms with van der Waals surface area (Å²) in [6.07, 6.45) is 0.369. The highest BCUT2D eigenvalue weighted by Gasteiger charge is 2.16. The third-order valence-electron chi connectivity index (χ3n) is 2.38. The number of halogens is 1. The second-order valence-electron chi connectivity index (χ2n) is 4.71. The van der Waals surface area contributed by atoms with Gasteiger partial charge in [0.05, 0.1) is 0 Å². The summed E-state index contributed by atoms with van der Waals surface area (Å²) in [7, 11) is 0. The molecule has 1 aromatic heterocycles. The number of hydrogen-bond donors (Lipinski definition) is 1. The second kappa shape index (κ2) is 4.20. The van der Waals surface area contributed by atoms with E-state index in [1.54, 1.807) is 19.9 Å². The lowest BCUT2D eigenvalue weighted by atomic mass is 9.98. The van der Waals surface area contributed by atoms with Crippen LogP contribution in [0.3, 0.4) is 0 Å². The van der Waals surface area contributed by atoms with Crippen molar-refractivity contribution in [3.8, 4) is 11.3 Å². The molecular weight excluding hydrogens is 219 g/mol. The number of anilines is 1. The van der Waals surface area contributed by atoms with Gasteiger partial charge in [0, 0.05) is 18.1 Å². The largest absolute Gasteiger partial charge is 0.368 e. The van der Waals surface area contributed by atoms with Crippen LogP contribution < -0.4 is 5.73 Å². The molecular formula is C13H15FN2O. The molecule has 2 rings (SSSR count). The number of nitrogens with zero attached hydrogens (tertiary/aromatic N) is 1. The van der Waals surface area contributed by atoms with Gasteiger partial charge in [0.1, 0.15) is 11.4 Å². The van der Waals surface area contributed by atoms with E-state index in [0.29, 0.717) is 12.1 Å². The lowest BCUT2D eigenvalue weighted by Gasteiger charge is -2.14. The van der Waals surface area contributed by atoms with E-state index in [0.717, 1.165) is 11.1 Å². The van der Waals surface area contributed by atoms with Gasteiger partial charge in [-0.25, -0.2) is 4.39 Å². The van der Waals surface area contributed by atoms with Crippen molar-refractivity contribution in [3.05, 3.63) is 35.9 Å². The molecule has 0 aliphatic rings. The van der Waals surface area contributed by atoms with E-state index in [4.69, 9.17) is 10.3 Å². The van der Waals surface area contributed by atoms with Crippen LogP contribution in [-0.2, 0) is 6.42 Å². The Morgan fingerprint density at radius 2 is 2.12 bits per heavy atom. The van der Waals surface area contributed by atoms with Gasteiger partial charge >= 0.3 is 0 Å². The van der Waals surface area contributed by atoms with E-state index < -0.39 is 5.67 Å². The number of nitrogen functional groups attached to an aromatic ring is 1. The molecule has 0 aliphatic carbocycles. The molecule has 0 amide bonds. The number of benzene rings is 1. The molecule has 90 valence electrons. The molecule has 1 heterocycles. The van der Waals surface area contributed by atoms with E-state index in [9.17, 15) is 4.39 Å². The van der Waals surface area contributed by atoms with E-state index >= 15 is 0 Å². The lowest BCUT2D eigenvalue weighted by molar-refractivity contribution is 0.217. The lowest BCUT2D eigenvalue weighted by Crippen LogP contribution is -2.15. The highest BCUT2D eigenvalue weighted by molar-refractivity contribution is 5.61. The highest BCUT2D eigenvalue weighted by atomic mass is 19.1. The minimum absolute atomic E-state index is 0.274. The maximum Gasteiger partial charge on any atom is 0.222 e. The molecule has 4 heteroatoms. The SMILES string of the molecule is CC(C)(F)Cc1cccc(-c2cc(N)on2)c1. The number of alkyl halides is 1. The summed E-state index contributed by atoms with van der Waals surface area (Å²) in [5.41, 5.74) is 6.72. The average Bonchev–Trinajstić information content (AvgIpc) is 2.63. The van der Waals surface area contributed by atoms with Crippen LogP contribution in [0.4, 0.5) is 10.3 Å². The van der Waals surface area contributed by atoms with Crippen molar-refractivity contribution in [3.63, 3.8) is 0 Å². The van der Waals surface area contributed by atoms with E-state index in [2.05, 4.69) is 5.16 Å². The van der Waals surface area contributed by atoms with Crippen LogP contribution >= 0.6 is 0 Å². The molecule has 0 atom stereocenters. The summed E-state index contributed by atoms with van der Waals surface area (Å²) < 4.78 is 18.4. The molecule has 1 aromatic carbocycles. The van der Waals surface area contributed by atoms with Crippen molar-refractivity contribution in [1.82, 2.24) is 5.16 Å². The Hall–Kier alpha value is -1.84. The monoisotopic (exact) mass is 234 g/mol. The zero-order valence-corrected chi connectivity index (χ0v) is 9.90. The van der Waals surface area contributed by atoms with Crippen molar-refractivity contribution in [2.24, 2.45) is 0 Å². The third kappa shape index (κ3) is 3.06. The summed E-state index contributed by atoms with van der Waals surface area (Å²) in [6.45, 7) is 3.13.